The van der Waals surface area contributed by atoms with Crippen molar-refractivity contribution in [1.82, 2.24) is 15.1 Å². The van der Waals surface area contributed by atoms with E-state index in [1.54, 1.807) is 20.4 Å². The van der Waals surface area contributed by atoms with Gasteiger partial charge in [0.1, 0.15) is 0 Å². The molecule has 3 aromatic rings. The molecule has 0 saturated carbocycles. The Bertz CT molecular complexity index is 910. The summed E-state index contributed by atoms with van der Waals surface area (Å²) in [4.78, 5) is 12.2. The lowest BCUT2D eigenvalue weighted by molar-refractivity contribution is 0.252. The Balaban J connectivity index is 1.49. The Morgan fingerprint density at radius 1 is 1.04 bits per heavy atom. The number of amides is 2. The van der Waals surface area contributed by atoms with Crippen LogP contribution in [0.5, 0.6) is 11.5 Å². The lowest BCUT2D eigenvalue weighted by atomic mass is 10.1. The van der Waals surface area contributed by atoms with Gasteiger partial charge in [-0.3, -0.25) is 4.68 Å². The third kappa shape index (κ3) is 5.26. The number of ether oxygens (including phenoxy) is 2. The number of benzene rings is 2. The molecule has 0 bridgehead atoms. The van der Waals surface area contributed by atoms with E-state index in [4.69, 9.17) is 9.47 Å². The zero-order chi connectivity index (χ0) is 19.8. The van der Waals surface area contributed by atoms with E-state index in [1.165, 1.54) is 0 Å². The van der Waals surface area contributed by atoms with Crippen LogP contribution < -0.4 is 20.1 Å². The van der Waals surface area contributed by atoms with E-state index < -0.39 is 0 Å². The number of nitrogens with zero attached hydrogens (tertiary/aromatic N) is 2. The largest absolute Gasteiger partial charge is 0.493 e. The van der Waals surface area contributed by atoms with Gasteiger partial charge in [0, 0.05) is 24.6 Å². The normalized spacial score (nSPS) is 10.4. The minimum absolute atomic E-state index is 0.239. The fourth-order valence-corrected chi connectivity index (χ4v) is 2.86. The standard InChI is InChI=1S/C21H24N4O3/c1-27-19-8-7-16(14-20(19)28-2)9-11-22-21(26)24-18-6-3-5-17(13-18)15-25-12-4-10-23-25/h3-8,10,12-14H,9,11,15H2,1-2H3,(H2,22,24,26). The van der Waals surface area contributed by atoms with E-state index in [9.17, 15) is 4.79 Å². The second-order valence-electron chi connectivity index (χ2n) is 6.22. The zero-order valence-corrected chi connectivity index (χ0v) is 16.0. The van der Waals surface area contributed by atoms with Crippen LogP contribution in [0, 0.1) is 0 Å². The lowest BCUT2D eigenvalue weighted by Crippen LogP contribution is -2.30. The first kappa shape index (κ1) is 19.3. The highest BCUT2D eigenvalue weighted by molar-refractivity contribution is 5.89. The quantitative estimate of drug-likeness (QED) is 0.629. The SMILES string of the molecule is COc1ccc(CCNC(=O)Nc2cccc(Cn3cccn3)c2)cc1OC. The average molecular weight is 380 g/mol. The molecular formula is C21H24N4O3. The molecule has 0 fully saturated rings. The predicted octanol–water partition coefficient (Wildman–Crippen LogP) is 3.31. The maximum absolute atomic E-state index is 12.2. The maximum Gasteiger partial charge on any atom is 0.319 e. The van der Waals surface area contributed by atoms with Gasteiger partial charge in [0.25, 0.3) is 0 Å². The van der Waals surface area contributed by atoms with E-state index in [2.05, 4.69) is 15.7 Å². The van der Waals surface area contributed by atoms with Crippen LogP contribution in [0.15, 0.2) is 60.9 Å². The van der Waals surface area contributed by atoms with Crippen molar-refractivity contribution in [2.75, 3.05) is 26.1 Å². The summed E-state index contributed by atoms with van der Waals surface area (Å²) >= 11 is 0. The van der Waals surface area contributed by atoms with E-state index in [1.807, 2.05) is 59.4 Å². The number of aromatic nitrogens is 2. The molecule has 2 amide bonds. The van der Waals surface area contributed by atoms with E-state index >= 15 is 0 Å². The molecule has 0 spiro atoms. The third-order valence-corrected chi connectivity index (χ3v) is 4.24. The minimum Gasteiger partial charge on any atom is -0.493 e. The van der Waals surface area contributed by atoms with Gasteiger partial charge in [-0.2, -0.15) is 5.10 Å². The highest BCUT2D eigenvalue weighted by Gasteiger charge is 2.06. The number of methoxy groups -OCH3 is 2. The Morgan fingerprint density at radius 3 is 2.64 bits per heavy atom. The molecule has 7 nitrogen and oxygen atoms in total. The number of carbonyl (C=O) groups is 1. The van der Waals surface area contributed by atoms with Crippen molar-refractivity contribution < 1.29 is 14.3 Å². The minimum atomic E-state index is -0.239. The fraction of sp³-hybridized carbons (Fsp3) is 0.238. The van der Waals surface area contributed by atoms with Gasteiger partial charge >= 0.3 is 6.03 Å². The van der Waals surface area contributed by atoms with Gasteiger partial charge in [0.05, 0.1) is 20.8 Å². The van der Waals surface area contributed by atoms with Gasteiger partial charge in [-0.05, 0) is 47.9 Å². The molecule has 1 aromatic heterocycles. The maximum atomic E-state index is 12.2. The Hall–Kier alpha value is -3.48. The van der Waals surface area contributed by atoms with Crippen molar-refractivity contribution in [1.29, 1.82) is 0 Å². The summed E-state index contributed by atoms with van der Waals surface area (Å²) in [5, 5.41) is 9.93. The number of carbonyl (C=O) groups excluding carboxylic acids is 1. The number of hydrogen-bond donors (Lipinski definition) is 2. The number of hydrogen-bond acceptors (Lipinski definition) is 4. The molecule has 1 heterocycles. The Morgan fingerprint density at radius 2 is 1.89 bits per heavy atom. The van der Waals surface area contributed by atoms with Gasteiger partial charge in [-0.1, -0.05) is 18.2 Å². The van der Waals surface area contributed by atoms with Gasteiger partial charge in [-0.25, -0.2) is 4.79 Å². The monoisotopic (exact) mass is 380 g/mol. The number of urea groups is 1. The average Bonchev–Trinajstić information content (AvgIpc) is 3.21. The number of nitrogens with one attached hydrogen (secondary N) is 2. The summed E-state index contributed by atoms with van der Waals surface area (Å²) < 4.78 is 12.4. The van der Waals surface area contributed by atoms with Crippen LogP contribution in [0.2, 0.25) is 0 Å². The van der Waals surface area contributed by atoms with Crippen LogP contribution in [0.25, 0.3) is 0 Å². The molecule has 0 atom stereocenters. The van der Waals surface area contributed by atoms with Crippen molar-refractivity contribution in [3.05, 3.63) is 72.1 Å². The summed E-state index contributed by atoms with van der Waals surface area (Å²) in [6.45, 7) is 1.16. The Labute approximate surface area is 164 Å². The molecular weight excluding hydrogens is 356 g/mol. The molecule has 0 aliphatic heterocycles. The molecule has 2 N–H and O–H groups in total. The molecule has 0 unspecified atom stereocenters. The van der Waals surface area contributed by atoms with Crippen LogP contribution in [0.4, 0.5) is 10.5 Å². The van der Waals surface area contributed by atoms with Crippen LogP contribution in [0.1, 0.15) is 11.1 Å². The molecule has 146 valence electrons. The molecule has 28 heavy (non-hydrogen) atoms. The number of anilines is 1. The van der Waals surface area contributed by atoms with Crippen LogP contribution in [-0.2, 0) is 13.0 Å². The molecule has 7 heteroatoms. The highest BCUT2D eigenvalue weighted by Crippen LogP contribution is 2.27. The first-order valence-corrected chi connectivity index (χ1v) is 9.00. The Kier molecular flexibility index (Phi) is 6.51. The first-order chi connectivity index (χ1) is 13.7. The van der Waals surface area contributed by atoms with Crippen LogP contribution in [-0.4, -0.2) is 36.6 Å². The number of rotatable bonds is 8. The lowest BCUT2D eigenvalue weighted by Gasteiger charge is -2.11. The molecule has 0 aliphatic carbocycles. The van der Waals surface area contributed by atoms with Gasteiger partial charge in [-0.15, -0.1) is 0 Å². The molecule has 3 rings (SSSR count). The van der Waals surface area contributed by atoms with Crippen molar-refractivity contribution in [2.24, 2.45) is 0 Å². The second kappa shape index (κ2) is 9.45. The smallest absolute Gasteiger partial charge is 0.319 e. The topological polar surface area (TPSA) is 77.4 Å². The fourth-order valence-electron chi connectivity index (χ4n) is 2.86. The summed E-state index contributed by atoms with van der Waals surface area (Å²) in [6.07, 6.45) is 4.34. The van der Waals surface area contributed by atoms with Gasteiger partial charge < -0.3 is 20.1 Å². The van der Waals surface area contributed by atoms with Crippen LogP contribution >= 0.6 is 0 Å². The summed E-state index contributed by atoms with van der Waals surface area (Å²) in [5.74, 6) is 1.37. The van der Waals surface area contributed by atoms with Crippen molar-refractivity contribution in [2.45, 2.75) is 13.0 Å². The van der Waals surface area contributed by atoms with Crippen molar-refractivity contribution in [3.8, 4) is 11.5 Å². The summed E-state index contributed by atoms with van der Waals surface area (Å²) in [5.41, 5.74) is 2.86. The van der Waals surface area contributed by atoms with E-state index in [0.29, 0.717) is 31.0 Å². The molecule has 0 radical (unpaired) electrons. The zero-order valence-electron chi connectivity index (χ0n) is 16.0. The van der Waals surface area contributed by atoms with E-state index in [-0.39, 0.29) is 6.03 Å². The van der Waals surface area contributed by atoms with Gasteiger partial charge in [0.15, 0.2) is 11.5 Å². The molecule has 0 aliphatic rings. The van der Waals surface area contributed by atoms with Crippen molar-refractivity contribution in [3.63, 3.8) is 0 Å². The first-order valence-electron chi connectivity index (χ1n) is 9.00. The summed E-state index contributed by atoms with van der Waals surface area (Å²) in [6, 6.07) is 15.1. The molecule has 0 saturated heterocycles. The predicted molar refractivity (Wildman–Crippen MR) is 108 cm³/mol. The second-order valence-corrected chi connectivity index (χ2v) is 6.22. The van der Waals surface area contributed by atoms with Gasteiger partial charge in [0.2, 0.25) is 0 Å². The van der Waals surface area contributed by atoms with Crippen molar-refractivity contribution >= 4 is 11.7 Å². The highest BCUT2D eigenvalue weighted by atomic mass is 16.5. The van der Waals surface area contributed by atoms with E-state index in [0.717, 1.165) is 16.8 Å². The summed E-state index contributed by atoms with van der Waals surface area (Å²) in [7, 11) is 3.21. The van der Waals surface area contributed by atoms with Crippen LogP contribution in [0.3, 0.4) is 0 Å². The third-order valence-electron chi connectivity index (χ3n) is 4.24. The molecule has 2 aromatic carbocycles.